The van der Waals surface area contributed by atoms with Crippen LogP contribution >= 0.6 is 23.6 Å². The highest BCUT2D eigenvalue weighted by Gasteiger charge is 2.13. The van der Waals surface area contributed by atoms with Gasteiger partial charge in [0.25, 0.3) is 0 Å². The molecular formula is C16H18N2S2. The zero-order valence-corrected chi connectivity index (χ0v) is 12.9. The Bertz CT molecular complexity index is 591. The normalized spacial score (nSPS) is 13.6. The Morgan fingerprint density at radius 2 is 2.05 bits per heavy atom. The molecule has 2 aromatic rings. The molecule has 0 bridgehead atoms. The Morgan fingerprint density at radius 3 is 2.90 bits per heavy atom. The standard InChI is InChI=1S/C16H18N2S2/c19-16(17-11-13-7-4-10-20-13)18-15-9-3-6-12-5-1-2-8-14(12)15/h3-4,6-7,9-10H,1-2,5,8,11H2,(H2,17,18,19). The van der Waals surface area contributed by atoms with Crippen molar-refractivity contribution < 1.29 is 0 Å². The molecule has 1 aromatic heterocycles. The molecule has 20 heavy (non-hydrogen) atoms. The molecule has 1 aliphatic carbocycles. The van der Waals surface area contributed by atoms with Gasteiger partial charge >= 0.3 is 0 Å². The van der Waals surface area contributed by atoms with Gasteiger partial charge in [0, 0.05) is 10.6 Å². The summed E-state index contributed by atoms with van der Waals surface area (Å²) in [5.74, 6) is 0. The third-order valence-corrected chi connectivity index (χ3v) is 4.77. The predicted octanol–water partition coefficient (Wildman–Crippen LogP) is 4.11. The second-order valence-corrected chi connectivity index (χ2v) is 6.48. The van der Waals surface area contributed by atoms with E-state index in [4.69, 9.17) is 12.2 Å². The number of hydrogen-bond donors (Lipinski definition) is 2. The third kappa shape index (κ3) is 3.19. The highest BCUT2D eigenvalue weighted by Crippen LogP contribution is 2.27. The molecule has 0 saturated carbocycles. The quantitative estimate of drug-likeness (QED) is 0.834. The molecule has 2 N–H and O–H groups in total. The summed E-state index contributed by atoms with van der Waals surface area (Å²) in [6.45, 7) is 0.790. The molecule has 3 rings (SSSR count). The van der Waals surface area contributed by atoms with Crippen LogP contribution in [0.2, 0.25) is 0 Å². The second kappa shape index (κ2) is 6.37. The SMILES string of the molecule is S=C(NCc1cccs1)Nc1cccc2c1CCCC2. The number of thiophene rings is 1. The first-order valence-corrected chi connectivity index (χ1v) is 8.30. The average Bonchev–Trinajstić information content (AvgIpc) is 2.99. The Balaban J connectivity index is 1.64. The number of anilines is 1. The Morgan fingerprint density at radius 1 is 1.15 bits per heavy atom. The van der Waals surface area contributed by atoms with E-state index >= 15 is 0 Å². The minimum atomic E-state index is 0.706. The molecule has 0 unspecified atom stereocenters. The molecule has 1 aliphatic rings. The van der Waals surface area contributed by atoms with Crippen LogP contribution in [0.15, 0.2) is 35.7 Å². The van der Waals surface area contributed by atoms with E-state index in [1.54, 1.807) is 11.3 Å². The molecule has 0 radical (unpaired) electrons. The first-order valence-electron chi connectivity index (χ1n) is 7.01. The highest BCUT2D eigenvalue weighted by molar-refractivity contribution is 7.80. The molecule has 0 aliphatic heterocycles. The minimum absolute atomic E-state index is 0.706. The number of rotatable bonds is 3. The summed E-state index contributed by atoms with van der Waals surface area (Å²) < 4.78 is 0. The summed E-state index contributed by atoms with van der Waals surface area (Å²) in [4.78, 5) is 1.30. The summed E-state index contributed by atoms with van der Waals surface area (Å²) in [5.41, 5.74) is 4.09. The third-order valence-electron chi connectivity index (χ3n) is 3.65. The summed E-state index contributed by atoms with van der Waals surface area (Å²) >= 11 is 7.14. The summed E-state index contributed by atoms with van der Waals surface area (Å²) in [6, 6.07) is 10.7. The van der Waals surface area contributed by atoms with Crippen molar-refractivity contribution in [2.45, 2.75) is 32.2 Å². The number of hydrogen-bond acceptors (Lipinski definition) is 2. The molecule has 4 heteroatoms. The van der Waals surface area contributed by atoms with Gasteiger partial charge in [-0.3, -0.25) is 0 Å². The van der Waals surface area contributed by atoms with E-state index in [1.807, 2.05) is 0 Å². The van der Waals surface area contributed by atoms with E-state index in [9.17, 15) is 0 Å². The van der Waals surface area contributed by atoms with Crippen LogP contribution in [0.25, 0.3) is 0 Å². The van der Waals surface area contributed by atoms with Crippen molar-refractivity contribution in [1.82, 2.24) is 5.32 Å². The van der Waals surface area contributed by atoms with Crippen LogP contribution in [0, 0.1) is 0 Å². The molecule has 0 amide bonds. The predicted molar refractivity (Wildman–Crippen MR) is 90.5 cm³/mol. The topological polar surface area (TPSA) is 24.1 Å². The number of fused-ring (bicyclic) bond motifs is 1. The first kappa shape index (κ1) is 13.6. The van der Waals surface area contributed by atoms with Crippen LogP contribution in [0.5, 0.6) is 0 Å². The van der Waals surface area contributed by atoms with Gasteiger partial charge in [-0.1, -0.05) is 18.2 Å². The molecule has 2 nitrogen and oxygen atoms in total. The van der Waals surface area contributed by atoms with Crippen molar-refractivity contribution in [1.29, 1.82) is 0 Å². The fraction of sp³-hybridized carbons (Fsp3) is 0.312. The van der Waals surface area contributed by atoms with Gasteiger partial charge in [-0.2, -0.15) is 0 Å². The zero-order chi connectivity index (χ0) is 13.8. The lowest BCUT2D eigenvalue weighted by molar-refractivity contribution is 0.687. The van der Waals surface area contributed by atoms with E-state index in [0.29, 0.717) is 5.11 Å². The smallest absolute Gasteiger partial charge is 0.171 e. The van der Waals surface area contributed by atoms with Crippen LogP contribution in [0.1, 0.15) is 28.8 Å². The van der Waals surface area contributed by atoms with Crippen LogP contribution in [-0.4, -0.2) is 5.11 Å². The maximum absolute atomic E-state index is 5.40. The fourth-order valence-electron chi connectivity index (χ4n) is 2.65. The summed E-state index contributed by atoms with van der Waals surface area (Å²) in [7, 11) is 0. The van der Waals surface area contributed by atoms with Gasteiger partial charge in [-0.25, -0.2) is 0 Å². The molecule has 0 fully saturated rings. The second-order valence-electron chi connectivity index (χ2n) is 5.04. The lowest BCUT2D eigenvalue weighted by Gasteiger charge is -2.20. The lowest BCUT2D eigenvalue weighted by atomic mass is 9.90. The van der Waals surface area contributed by atoms with Crippen LogP contribution < -0.4 is 10.6 Å². The van der Waals surface area contributed by atoms with Gasteiger partial charge in [-0.15, -0.1) is 11.3 Å². The fourth-order valence-corrected chi connectivity index (χ4v) is 3.47. The maximum Gasteiger partial charge on any atom is 0.171 e. The van der Waals surface area contributed by atoms with Crippen LogP contribution in [-0.2, 0) is 19.4 Å². The van der Waals surface area contributed by atoms with Gasteiger partial charge in [0.15, 0.2) is 5.11 Å². The van der Waals surface area contributed by atoms with E-state index in [1.165, 1.54) is 41.0 Å². The highest BCUT2D eigenvalue weighted by atomic mass is 32.1. The van der Waals surface area contributed by atoms with E-state index < -0.39 is 0 Å². The van der Waals surface area contributed by atoms with E-state index in [0.717, 1.165) is 13.0 Å². The molecule has 1 heterocycles. The Kier molecular flexibility index (Phi) is 4.33. The van der Waals surface area contributed by atoms with Gasteiger partial charge in [-0.05, 0) is 66.5 Å². The van der Waals surface area contributed by atoms with Gasteiger partial charge in [0.2, 0.25) is 0 Å². The first-order chi connectivity index (χ1) is 9.83. The van der Waals surface area contributed by atoms with Crippen molar-refractivity contribution in [2.75, 3.05) is 5.32 Å². The monoisotopic (exact) mass is 302 g/mol. The van der Waals surface area contributed by atoms with Crippen molar-refractivity contribution in [3.8, 4) is 0 Å². The van der Waals surface area contributed by atoms with Gasteiger partial charge < -0.3 is 10.6 Å². The van der Waals surface area contributed by atoms with Crippen LogP contribution in [0.4, 0.5) is 5.69 Å². The molecule has 1 aromatic carbocycles. The maximum atomic E-state index is 5.40. The molecule has 104 valence electrons. The van der Waals surface area contributed by atoms with Gasteiger partial charge in [0.1, 0.15) is 0 Å². The van der Waals surface area contributed by atoms with Crippen molar-refractivity contribution in [2.24, 2.45) is 0 Å². The van der Waals surface area contributed by atoms with E-state index in [2.05, 4.69) is 46.3 Å². The van der Waals surface area contributed by atoms with Crippen molar-refractivity contribution >= 4 is 34.4 Å². The largest absolute Gasteiger partial charge is 0.358 e. The summed E-state index contributed by atoms with van der Waals surface area (Å²) in [6.07, 6.45) is 4.94. The Labute approximate surface area is 129 Å². The number of benzene rings is 1. The Hall–Kier alpha value is -1.39. The minimum Gasteiger partial charge on any atom is -0.358 e. The summed E-state index contributed by atoms with van der Waals surface area (Å²) in [5, 5.41) is 9.42. The number of thiocarbonyl (C=S) groups is 1. The number of aryl methyl sites for hydroxylation is 1. The zero-order valence-electron chi connectivity index (χ0n) is 11.3. The van der Waals surface area contributed by atoms with Crippen LogP contribution in [0.3, 0.4) is 0 Å². The molecule has 0 saturated heterocycles. The van der Waals surface area contributed by atoms with E-state index in [-0.39, 0.29) is 0 Å². The van der Waals surface area contributed by atoms with Crippen molar-refractivity contribution in [3.05, 3.63) is 51.7 Å². The molecule has 0 atom stereocenters. The van der Waals surface area contributed by atoms with Gasteiger partial charge in [0.05, 0.1) is 6.54 Å². The average molecular weight is 302 g/mol. The number of nitrogens with one attached hydrogen (secondary N) is 2. The molecule has 0 spiro atoms. The molecular weight excluding hydrogens is 284 g/mol. The van der Waals surface area contributed by atoms with Crippen molar-refractivity contribution in [3.63, 3.8) is 0 Å². The lowest BCUT2D eigenvalue weighted by Crippen LogP contribution is -2.28.